The highest BCUT2D eigenvalue weighted by atomic mass is 19.1. The van der Waals surface area contributed by atoms with Crippen molar-refractivity contribution in [1.82, 2.24) is 4.98 Å². The quantitative estimate of drug-likeness (QED) is 0.920. The number of aryl methyl sites for hydroxylation is 3. The fourth-order valence-corrected chi connectivity index (χ4v) is 1.91. The number of aromatic nitrogens is 1. The standard InChI is InChI=1S/C15H17FN2O/c1-9-4-5-12(7-14(9)16)19-15-13(8-17)10(2)6-11(3)18-15/h4-7H,8,17H2,1-3H3. The number of nitrogens with two attached hydrogens (primary N) is 1. The highest BCUT2D eigenvalue weighted by Crippen LogP contribution is 2.27. The first-order chi connectivity index (χ1) is 9.01. The molecule has 0 saturated heterocycles. The molecule has 0 spiro atoms. The average molecular weight is 260 g/mol. The Balaban J connectivity index is 2.39. The molecule has 4 heteroatoms. The lowest BCUT2D eigenvalue weighted by Gasteiger charge is -2.12. The van der Waals surface area contributed by atoms with Crippen LogP contribution in [0, 0.1) is 26.6 Å². The van der Waals surface area contributed by atoms with Crippen LogP contribution in [0.15, 0.2) is 24.3 Å². The summed E-state index contributed by atoms with van der Waals surface area (Å²) in [6.07, 6.45) is 0. The van der Waals surface area contributed by atoms with E-state index in [1.54, 1.807) is 19.1 Å². The summed E-state index contributed by atoms with van der Waals surface area (Å²) in [5.74, 6) is 0.578. The minimum absolute atomic E-state index is 0.295. The molecule has 2 N–H and O–H groups in total. The molecule has 3 nitrogen and oxygen atoms in total. The lowest BCUT2D eigenvalue weighted by molar-refractivity contribution is 0.449. The Morgan fingerprint density at radius 3 is 2.53 bits per heavy atom. The second-order valence-electron chi connectivity index (χ2n) is 4.58. The van der Waals surface area contributed by atoms with Crippen molar-refractivity contribution in [3.63, 3.8) is 0 Å². The third-order valence-electron chi connectivity index (χ3n) is 3.00. The van der Waals surface area contributed by atoms with Crippen LogP contribution in [0.3, 0.4) is 0 Å². The van der Waals surface area contributed by atoms with Crippen LogP contribution in [0.1, 0.15) is 22.4 Å². The van der Waals surface area contributed by atoms with Crippen molar-refractivity contribution >= 4 is 0 Å². The molecule has 2 aromatic rings. The summed E-state index contributed by atoms with van der Waals surface area (Å²) in [7, 11) is 0. The largest absolute Gasteiger partial charge is 0.439 e. The van der Waals surface area contributed by atoms with Crippen molar-refractivity contribution in [3.8, 4) is 11.6 Å². The zero-order chi connectivity index (χ0) is 14.0. The average Bonchev–Trinajstić information content (AvgIpc) is 2.33. The minimum atomic E-state index is -0.295. The van der Waals surface area contributed by atoms with Gasteiger partial charge in [0.25, 0.3) is 0 Å². The van der Waals surface area contributed by atoms with E-state index in [4.69, 9.17) is 10.5 Å². The minimum Gasteiger partial charge on any atom is -0.439 e. The molecule has 0 amide bonds. The van der Waals surface area contributed by atoms with Crippen molar-refractivity contribution in [2.45, 2.75) is 27.3 Å². The summed E-state index contributed by atoms with van der Waals surface area (Å²) in [4.78, 5) is 4.33. The van der Waals surface area contributed by atoms with E-state index in [1.807, 2.05) is 19.9 Å². The van der Waals surface area contributed by atoms with Crippen LogP contribution >= 0.6 is 0 Å². The van der Waals surface area contributed by atoms with E-state index in [0.29, 0.717) is 23.7 Å². The first-order valence-electron chi connectivity index (χ1n) is 6.12. The molecular formula is C15H17FN2O. The van der Waals surface area contributed by atoms with Crippen LogP contribution in [-0.4, -0.2) is 4.98 Å². The molecule has 0 aliphatic rings. The summed E-state index contributed by atoms with van der Waals surface area (Å²) in [6, 6.07) is 6.70. The number of pyridine rings is 1. The molecule has 1 aromatic carbocycles. The van der Waals surface area contributed by atoms with Gasteiger partial charge in [0.2, 0.25) is 5.88 Å². The predicted octanol–water partition coefficient (Wildman–Crippen LogP) is 3.40. The van der Waals surface area contributed by atoms with Crippen molar-refractivity contribution in [1.29, 1.82) is 0 Å². The van der Waals surface area contributed by atoms with Crippen LogP contribution in [0.5, 0.6) is 11.6 Å². The second kappa shape index (κ2) is 5.36. The zero-order valence-electron chi connectivity index (χ0n) is 11.3. The molecule has 1 aromatic heterocycles. The van der Waals surface area contributed by atoms with E-state index in [2.05, 4.69) is 4.98 Å². The van der Waals surface area contributed by atoms with Crippen LogP contribution in [0.2, 0.25) is 0 Å². The lowest BCUT2D eigenvalue weighted by atomic mass is 10.1. The Hall–Kier alpha value is -1.94. The molecule has 100 valence electrons. The highest BCUT2D eigenvalue weighted by Gasteiger charge is 2.10. The Bertz CT molecular complexity index is 611. The Morgan fingerprint density at radius 2 is 1.89 bits per heavy atom. The molecule has 0 bridgehead atoms. The third-order valence-corrected chi connectivity index (χ3v) is 3.00. The van der Waals surface area contributed by atoms with Crippen molar-refractivity contribution in [2.24, 2.45) is 5.73 Å². The predicted molar refractivity (Wildman–Crippen MR) is 72.8 cm³/mol. The monoisotopic (exact) mass is 260 g/mol. The fourth-order valence-electron chi connectivity index (χ4n) is 1.91. The molecule has 0 saturated carbocycles. The van der Waals surface area contributed by atoms with Crippen molar-refractivity contribution in [2.75, 3.05) is 0 Å². The maximum Gasteiger partial charge on any atom is 0.224 e. The van der Waals surface area contributed by atoms with Gasteiger partial charge in [0, 0.05) is 23.9 Å². The maximum atomic E-state index is 13.5. The van der Waals surface area contributed by atoms with E-state index in [1.165, 1.54) is 6.07 Å². The summed E-state index contributed by atoms with van der Waals surface area (Å²) in [6.45, 7) is 5.89. The number of rotatable bonds is 3. The zero-order valence-corrected chi connectivity index (χ0v) is 11.3. The number of hydrogen-bond acceptors (Lipinski definition) is 3. The number of hydrogen-bond donors (Lipinski definition) is 1. The van der Waals surface area contributed by atoms with Gasteiger partial charge in [0.15, 0.2) is 0 Å². The van der Waals surface area contributed by atoms with Crippen LogP contribution in [-0.2, 0) is 6.54 Å². The molecule has 0 radical (unpaired) electrons. The smallest absolute Gasteiger partial charge is 0.224 e. The van der Waals surface area contributed by atoms with Gasteiger partial charge in [0.1, 0.15) is 11.6 Å². The van der Waals surface area contributed by atoms with Gasteiger partial charge < -0.3 is 10.5 Å². The summed E-state index contributed by atoms with van der Waals surface area (Å²) >= 11 is 0. The third kappa shape index (κ3) is 2.90. The van der Waals surface area contributed by atoms with Crippen LogP contribution in [0.25, 0.3) is 0 Å². The van der Waals surface area contributed by atoms with Gasteiger partial charge >= 0.3 is 0 Å². The van der Waals surface area contributed by atoms with Gasteiger partial charge in [0.05, 0.1) is 0 Å². The Kier molecular flexibility index (Phi) is 3.81. The molecular weight excluding hydrogens is 243 g/mol. The molecule has 1 heterocycles. The molecule has 0 aliphatic heterocycles. The van der Waals surface area contributed by atoms with Gasteiger partial charge in [-0.1, -0.05) is 6.07 Å². The van der Waals surface area contributed by atoms with E-state index in [0.717, 1.165) is 16.8 Å². The number of ether oxygens (including phenoxy) is 1. The van der Waals surface area contributed by atoms with Crippen LogP contribution < -0.4 is 10.5 Å². The van der Waals surface area contributed by atoms with Crippen molar-refractivity contribution < 1.29 is 9.13 Å². The van der Waals surface area contributed by atoms with Gasteiger partial charge in [-0.15, -0.1) is 0 Å². The highest BCUT2D eigenvalue weighted by molar-refractivity contribution is 5.39. The Labute approximate surface area is 112 Å². The summed E-state index contributed by atoms with van der Waals surface area (Å²) < 4.78 is 19.2. The van der Waals surface area contributed by atoms with Gasteiger partial charge in [-0.25, -0.2) is 9.37 Å². The maximum absolute atomic E-state index is 13.5. The number of halogens is 1. The molecule has 0 fully saturated rings. The molecule has 0 unspecified atom stereocenters. The van der Waals surface area contributed by atoms with Gasteiger partial charge in [-0.2, -0.15) is 0 Å². The molecule has 0 atom stereocenters. The summed E-state index contributed by atoms with van der Waals surface area (Å²) in [5.41, 5.74) is 9.01. The van der Waals surface area contributed by atoms with E-state index >= 15 is 0 Å². The topological polar surface area (TPSA) is 48.1 Å². The lowest BCUT2D eigenvalue weighted by Crippen LogP contribution is -2.05. The fraction of sp³-hybridized carbons (Fsp3) is 0.267. The van der Waals surface area contributed by atoms with Crippen molar-refractivity contribution in [3.05, 3.63) is 52.5 Å². The second-order valence-corrected chi connectivity index (χ2v) is 4.58. The van der Waals surface area contributed by atoms with Crippen LogP contribution in [0.4, 0.5) is 4.39 Å². The number of benzene rings is 1. The van der Waals surface area contributed by atoms with E-state index < -0.39 is 0 Å². The molecule has 19 heavy (non-hydrogen) atoms. The normalized spacial score (nSPS) is 10.6. The first-order valence-corrected chi connectivity index (χ1v) is 6.12. The Morgan fingerprint density at radius 1 is 1.16 bits per heavy atom. The van der Waals surface area contributed by atoms with Gasteiger partial charge in [-0.05, 0) is 44.0 Å². The van der Waals surface area contributed by atoms with Gasteiger partial charge in [-0.3, -0.25) is 0 Å². The SMILES string of the molecule is Cc1cc(C)c(CN)c(Oc2ccc(C)c(F)c2)n1. The molecule has 2 rings (SSSR count). The summed E-state index contributed by atoms with van der Waals surface area (Å²) in [5, 5.41) is 0. The van der Waals surface area contributed by atoms with E-state index in [-0.39, 0.29) is 5.82 Å². The first kappa shape index (κ1) is 13.5. The van der Waals surface area contributed by atoms with E-state index in [9.17, 15) is 4.39 Å². The number of nitrogens with zero attached hydrogens (tertiary/aromatic N) is 1. The molecule has 0 aliphatic carbocycles.